The first-order chi connectivity index (χ1) is 9.20. The zero-order valence-electron chi connectivity index (χ0n) is 11.6. The maximum atomic E-state index is 12.1. The van der Waals surface area contributed by atoms with Crippen LogP contribution in [0.3, 0.4) is 0 Å². The van der Waals surface area contributed by atoms with Gasteiger partial charge in [-0.3, -0.25) is 4.79 Å². The van der Waals surface area contributed by atoms with Crippen molar-refractivity contribution in [1.29, 1.82) is 0 Å². The van der Waals surface area contributed by atoms with Crippen LogP contribution in [0.1, 0.15) is 24.5 Å². The second kappa shape index (κ2) is 6.68. The first-order valence-electron chi connectivity index (χ1n) is 6.78. The van der Waals surface area contributed by atoms with Gasteiger partial charge >= 0.3 is 0 Å². The van der Waals surface area contributed by atoms with Gasteiger partial charge in [0.25, 0.3) is 0 Å². The lowest BCUT2D eigenvalue weighted by molar-refractivity contribution is -0.125. The maximum Gasteiger partial charge on any atom is 0.224 e. The van der Waals surface area contributed by atoms with Gasteiger partial charge < -0.3 is 15.4 Å². The van der Waals surface area contributed by atoms with E-state index in [1.165, 1.54) is 0 Å². The van der Waals surface area contributed by atoms with Crippen LogP contribution >= 0.6 is 0 Å². The topological polar surface area (TPSA) is 50.4 Å². The Balaban J connectivity index is 1.87. The fraction of sp³-hybridized carbons (Fsp3) is 0.533. The molecule has 0 bridgehead atoms. The minimum Gasteiger partial charge on any atom is -0.380 e. The van der Waals surface area contributed by atoms with Crippen molar-refractivity contribution in [1.82, 2.24) is 10.6 Å². The quantitative estimate of drug-likeness (QED) is 0.844. The van der Waals surface area contributed by atoms with E-state index in [0.29, 0.717) is 13.2 Å². The van der Waals surface area contributed by atoms with E-state index in [4.69, 9.17) is 4.74 Å². The molecule has 0 spiro atoms. The number of amides is 1. The highest BCUT2D eigenvalue weighted by Crippen LogP contribution is 2.15. The summed E-state index contributed by atoms with van der Waals surface area (Å²) in [4.78, 5) is 12.1. The SMILES string of the molecule is COCc1cccc(CNC(=O)C2CCNC2C)c1. The van der Waals surface area contributed by atoms with Gasteiger partial charge in [-0.2, -0.15) is 0 Å². The Hall–Kier alpha value is -1.39. The van der Waals surface area contributed by atoms with E-state index >= 15 is 0 Å². The van der Waals surface area contributed by atoms with Crippen LogP contribution in [0, 0.1) is 5.92 Å². The fourth-order valence-corrected chi connectivity index (χ4v) is 2.53. The number of carbonyl (C=O) groups excluding carboxylic acids is 1. The van der Waals surface area contributed by atoms with Crippen LogP contribution in [0.5, 0.6) is 0 Å². The predicted octanol–water partition coefficient (Wildman–Crippen LogP) is 1.45. The Morgan fingerprint density at radius 1 is 1.47 bits per heavy atom. The third kappa shape index (κ3) is 3.78. The molecule has 0 aromatic heterocycles. The molecule has 2 rings (SSSR count). The molecular formula is C15H22N2O2. The molecule has 2 unspecified atom stereocenters. The molecule has 1 aliphatic heterocycles. The Morgan fingerprint density at radius 2 is 2.26 bits per heavy atom. The molecule has 104 valence electrons. The minimum atomic E-state index is 0.0992. The molecule has 1 fully saturated rings. The van der Waals surface area contributed by atoms with Gasteiger partial charge in [-0.1, -0.05) is 24.3 Å². The van der Waals surface area contributed by atoms with Crippen molar-refractivity contribution in [3.05, 3.63) is 35.4 Å². The lowest BCUT2D eigenvalue weighted by Gasteiger charge is -2.15. The average Bonchev–Trinajstić information content (AvgIpc) is 2.83. The van der Waals surface area contributed by atoms with E-state index in [2.05, 4.69) is 23.6 Å². The highest BCUT2D eigenvalue weighted by molar-refractivity contribution is 5.79. The summed E-state index contributed by atoms with van der Waals surface area (Å²) >= 11 is 0. The van der Waals surface area contributed by atoms with Crippen LogP contribution < -0.4 is 10.6 Å². The number of carbonyl (C=O) groups is 1. The van der Waals surface area contributed by atoms with Crippen LogP contribution in [0.15, 0.2) is 24.3 Å². The molecule has 2 atom stereocenters. The molecule has 0 saturated carbocycles. The van der Waals surface area contributed by atoms with E-state index in [1.807, 2.05) is 18.2 Å². The van der Waals surface area contributed by atoms with E-state index in [1.54, 1.807) is 7.11 Å². The van der Waals surface area contributed by atoms with E-state index in [0.717, 1.165) is 24.1 Å². The van der Waals surface area contributed by atoms with Crippen molar-refractivity contribution in [3.8, 4) is 0 Å². The van der Waals surface area contributed by atoms with Crippen LogP contribution in [0.2, 0.25) is 0 Å². The summed E-state index contributed by atoms with van der Waals surface area (Å²) in [7, 11) is 1.68. The van der Waals surface area contributed by atoms with Gasteiger partial charge in [0, 0.05) is 19.7 Å². The minimum absolute atomic E-state index is 0.0992. The van der Waals surface area contributed by atoms with Crippen molar-refractivity contribution >= 4 is 5.91 Å². The summed E-state index contributed by atoms with van der Waals surface area (Å²) in [6, 6.07) is 8.39. The summed E-state index contributed by atoms with van der Waals surface area (Å²) in [5, 5.41) is 6.32. The number of hydrogen-bond acceptors (Lipinski definition) is 3. The summed E-state index contributed by atoms with van der Waals surface area (Å²) < 4.78 is 5.11. The van der Waals surface area contributed by atoms with Crippen LogP contribution in [-0.4, -0.2) is 25.6 Å². The first-order valence-corrected chi connectivity index (χ1v) is 6.78. The number of benzene rings is 1. The number of methoxy groups -OCH3 is 1. The van der Waals surface area contributed by atoms with E-state index in [9.17, 15) is 4.79 Å². The molecule has 2 N–H and O–H groups in total. The smallest absolute Gasteiger partial charge is 0.224 e. The van der Waals surface area contributed by atoms with Gasteiger partial charge in [0.05, 0.1) is 12.5 Å². The monoisotopic (exact) mass is 262 g/mol. The number of hydrogen-bond donors (Lipinski definition) is 2. The molecule has 4 heteroatoms. The zero-order chi connectivity index (χ0) is 13.7. The number of nitrogens with one attached hydrogen (secondary N) is 2. The molecule has 1 aromatic carbocycles. The van der Waals surface area contributed by atoms with Gasteiger partial charge in [0.2, 0.25) is 5.91 Å². The van der Waals surface area contributed by atoms with Crippen molar-refractivity contribution in [2.24, 2.45) is 5.92 Å². The van der Waals surface area contributed by atoms with Crippen molar-refractivity contribution in [2.75, 3.05) is 13.7 Å². The van der Waals surface area contributed by atoms with Crippen molar-refractivity contribution in [3.63, 3.8) is 0 Å². The third-order valence-electron chi connectivity index (χ3n) is 3.63. The van der Waals surface area contributed by atoms with Gasteiger partial charge in [-0.25, -0.2) is 0 Å². The number of rotatable bonds is 5. The molecule has 0 aliphatic carbocycles. The molecular weight excluding hydrogens is 240 g/mol. The van der Waals surface area contributed by atoms with Crippen LogP contribution in [0.25, 0.3) is 0 Å². The molecule has 1 amide bonds. The Kier molecular flexibility index (Phi) is 4.93. The first kappa shape index (κ1) is 14.0. The van der Waals surface area contributed by atoms with Gasteiger partial charge in [0.15, 0.2) is 0 Å². The molecule has 4 nitrogen and oxygen atoms in total. The third-order valence-corrected chi connectivity index (χ3v) is 3.63. The Bertz CT molecular complexity index is 434. The van der Waals surface area contributed by atoms with E-state index in [-0.39, 0.29) is 17.9 Å². The Labute approximate surface area is 114 Å². The molecule has 1 heterocycles. The van der Waals surface area contributed by atoms with Crippen LogP contribution in [-0.2, 0) is 22.7 Å². The largest absolute Gasteiger partial charge is 0.380 e. The summed E-state index contributed by atoms with van der Waals surface area (Å²) in [5.41, 5.74) is 2.24. The summed E-state index contributed by atoms with van der Waals surface area (Å²) in [6.07, 6.45) is 0.927. The number of ether oxygens (including phenoxy) is 1. The predicted molar refractivity (Wildman–Crippen MR) is 74.6 cm³/mol. The average molecular weight is 262 g/mol. The van der Waals surface area contributed by atoms with Gasteiger partial charge in [0.1, 0.15) is 0 Å². The molecule has 1 aliphatic rings. The molecule has 1 saturated heterocycles. The molecule has 0 radical (unpaired) electrons. The fourth-order valence-electron chi connectivity index (χ4n) is 2.53. The second-order valence-corrected chi connectivity index (χ2v) is 5.11. The van der Waals surface area contributed by atoms with Gasteiger partial charge in [-0.05, 0) is 31.0 Å². The molecule has 1 aromatic rings. The van der Waals surface area contributed by atoms with Gasteiger partial charge in [-0.15, -0.1) is 0 Å². The van der Waals surface area contributed by atoms with Crippen molar-refractivity contribution < 1.29 is 9.53 Å². The van der Waals surface area contributed by atoms with Crippen LogP contribution in [0.4, 0.5) is 0 Å². The lowest BCUT2D eigenvalue weighted by Crippen LogP contribution is -2.36. The summed E-state index contributed by atoms with van der Waals surface area (Å²) in [6.45, 7) is 4.18. The van der Waals surface area contributed by atoms with E-state index < -0.39 is 0 Å². The Morgan fingerprint density at radius 3 is 2.95 bits per heavy atom. The highest BCUT2D eigenvalue weighted by atomic mass is 16.5. The standard InChI is InChI=1S/C15H22N2O2/c1-11-14(6-7-16-11)15(18)17-9-12-4-3-5-13(8-12)10-19-2/h3-5,8,11,14,16H,6-7,9-10H2,1-2H3,(H,17,18). The lowest BCUT2D eigenvalue weighted by atomic mass is 10.0. The zero-order valence-corrected chi connectivity index (χ0v) is 11.6. The normalized spacial score (nSPS) is 22.4. The second-order valence-electron chi connectivity index (χ2n) is 5.11. The van der Waals surface area contributed by atoms with Crippen molar-refractivity contribution in [2.45, 2.75) is 32.5 Å². The molecule has 19 heavy (non-hydrogen) atoms. The summed E-state index contributed by atoms with van der Waals surface area (Å²) in [5.74, 6) is 0.247. The highest BCUT2D eigenvalue weighted by Gasteiger charge is 2.28. The maximum absolute atomic E-state index is 12.1.